The Kier molecular flexibility index (Phi) is 3.75. The maximum atomic E-state index is 12.2. The van der Waals surface area contributed by atoms with Crippen molar-refractivity contribution < 1.29 is 4.79 Å². The summed E-state index contributed by atoms with van der Waals surface area (Å²) in [5.74, 6) is 5.50. The zero-order valence-electron chi connectivity index (χ0n) is 15.7. The second-order valence-electron chi connectivity index (χ2n) is 10.3. The molecule has 1 heteroatoms. The van der Waals surface area contributed by atoms with Gasteiger partial charge in [-0.05, 0) is 98.7 Å². The lowest BCUT2D eigenvalue weighted by Crippen LogP contribution is -2.53. The fraction of sp³-hybridized carbons (Fsp3) is 0.955. The molecular formula is C22H36O. The first-order valence-electron chi connectivity index (χ1n) is 10.4. The standard InChI is InChI=1S/C22H36O/c1-14-9-11-21(3)16(13-14)5-6-17-19-8-7-18(15(2)23)22(19,4)12-10-20(17)21/h14,16-20H,5-13H2,1-4H3/t14?,16-,17-,18+,19-,20-,21-,22+/m0/s1. The number of hydrogen-bond donors (Lipinski definition) is 0. The van der Waals surface area contributed by atoms with E-state index < -0.39 is 0 Å². The fourth-order valence-electron chi connectivity index (χ4n) is 8.14. The third-order valence-corrected chi connectivity index (χ3v) is 9.42. The molecule has 0 spiro atoms. The van der Waals surface area contributed by atoms with Gasteiger partial charge in [-0.2, -0.15) is 0 Å². The smallest absolute Gasteiger partial charge is 0.133 e. The zero-order chi connectivity index (χ0) is 16.4. The van der Waals surface area contributed by atoms with E-state index in [-0.39, 0.29) is 0 Å². The van der Waals surface area contributed by atoms with E-state index in [1.165, 1.54) is 57.8 Å². The fourth-order valence-corrected chi connectivity index (χ4v) is 8.14. The predicted molar refractivity (Wildman–Crippen MR) is 95.1 cm³/mol. The third kappa shape index (κ3) is 2.20. The largest absolute Gasteiger partial charge is 0.300 e. The molecule has 130 valence electrons. The Balaban J connectivity index is 1.61. The Morgan fingerprint density at radius 3 is 2.30 bits per heavy atom. The summed E-state index contributed by atoms with van der Waals surface area (Å²) in [6.45, 7) is 9.45. The van der Waals surface area contributed by atoms with Crippen molar-refractivity contribution in [3.8, 4) is 0 Å². The first-order valence-corrected chi connectivity index (χ1v) is 10.4. The minimum Gasteiger partial charge on any atom is -0.300 e. The van der Waals surface area contributed by atoms with Gasteiger partial charge >= 0.3 is 0 Å². The van der Waals surface area contributed by atoms with Gasteiger partial charge in [-0.1, -0.05) is 27.2 Å². The molecule has 4 saturated carbocycles. The Bertz CT molecular complexity index is 496. The van der Waals surface area contributed by atoms with Crippen LogP contribution in [0, 0.1) is 46.3 Å². The average molecular weight is 317 g/mol. The zero-order valence-corrected chi connectivity index (χ0v) is 15.7. The van der Waals surface area contributed by atoms with Gasteiger partial charge in [-0.3, -0.25) is 4.79 Å². The number of carbonyl (C=O) groups is 1. The van der Waals surface area contributed by atoms with Gasteiger partial charge in [0.15, 0.2) is 0 Å². The van der Waals surface area contributed by atoms with E-state index in [4.69, 9.17) is 0 Å². The normalized spacial score (nSPS) is 55.7. The van der Waals surface area contributed by atoms with Crippen molar-refractivity contribution in [3.63, 3.8) is 0 Å². The van der Waals surface area contributed by atoms with Gasteiger partial charge in [-0.25, -0.2) is 0 Å². The number of ketones is 1. The van der Waals surface area contributed by atoms with Crippen molar-refractivity contribution in [2.24, 2.45) is 46.3 Å². The van der Waals surface area contributed by atoms with Crippen molar-refractivity contribution >= 4 is 5.78 Å². The van der Waals surface area contributed by atoms with E-state index >= 15 is 0 Å². The van der Waals surface area contributed by atoms with Gasteiger partial charge in [0.25, 0.3) is 0 Å². The highest BCUT2D eigenvalue weighted by atomic mass is 16.1. The predicted octanol–water partition coefficient (Wildman–Crippen LogP) is 5.87. The quantitative estimate of drug-likeness (QED) is 0.591. The highest BCUT2D eigenvalue weighted by molar-refractivity contribution is 5.79. The second kappa shape index (κ2) is 5.33. The molecule has 0 saturated heterocycles. The highest BCUT2D eigenvalue weighted by Gasteiger charge is 2.60. The summed E-state index contributed by atoms with van der Waals surface area (Å²) in [6.07, 6.45) is 12.6. The van der Waals surface area contributed by atoms with E-state index in [1.807, 2.05) is 6.92 Å². The first kappa shape index (κ1) is 16.2. The SMILES string of the molecule is CC(=O)[C@H]1CC[C@H]2[C@@H]3CC[C@H]4CC(C)CC[C@]4(C)[C@H]3CC[C@]12C. The molecule has 1 nitrogen and oxygen atoms in total. The van der Waals surface area contributed by atoms with Crippen molar-refractivity contribution in [1.29, 1.82) is 0 Å². The molecular weight excluding hydrogens is 280 g/mol. The van der Waals surface area contributed by atoms with Crippen molar-refractivity contribution in [1.82, 2.24) is 0 Å². The summed E-state index contributed by atoms with van der Waals surface area (Å²) in [5.41, 5.74) is 0.948. The third-order valence-electron chi connectivity index (χ3n) is 9.42. The van der Waals surface area contributed by atoms with Crippen LogP contribution in [0.25, 0.3) is 0 Å². The van der Waals surface area contributed by atoms with Crippen LogP contribution in [0.1, 0.15) is 85.5 Å². The Labute approximate surface area is 143 Å². The highest BCUT2D eigenvalue weighted by Crippen LogP contribution is 2.67. The molecule has 0 aromatic rings. The number of Topliss-reactive ketones (excluding diaryl/α,β-unsaturated/α-hetero) is 1. The van der Waals surface area contributed by atoms with Gasteiger partial charge in [0.05, 0.1) is 0 Å². The van der Waals surface area contributed by atoms with Crippen LogP contribution in [0.2, 0.25) is 0 Å². The Morgan fingerprint density at radius 2 is 1.57 bits per heavy atom. The summed E-state index contributed by atoms with van der Waals surface area (Å²) >= 11 is 0. The molecule has 0 radical (unpaired) electrons. The monoisotopic (exact) mass is 316 g/mol. The molecule has 0 aliphatic heterocycles. The van der Waals surface area contributed by atoms with E-state index in [9.17, 15) is 4.79 Å². The first-order chi connectivity index (χ1) is 10.9. The van der Waals surface area contributed by atoms with Crippen LogP contribution < -0.4 is 0 Å². The van der Waals surface area contributed by atoms with Crippen molar-refractivity contribution in [2.45, 2.75) is 85.5 Å². The van der Waals surface area contributed by atoms with Crippen LogP contribution in [0.5, 0.6) is 0 Å². The minimum atomic E-state index is 0.332. The van der Waals surface area contributed by atoms with E-state index in [0.717, 1.165) is 29.6 Å². The molecule has 1 unspecified atom stereocenters. The molecule has 0 amide bonds. The molecule has 0 N–H and O–H groups in total. The molecule has 4 rings (SSSR count). The molecule has 4 aliphatic carbocycles. The maximum absolute atomic E-state index is 12.2. The number of hydrogen-bond acceptors (Lipinski definition) is 1. The summed E-state index contributed by atoms with van der Waals surface area (Å²) in [4.78, 5) is 12.2. The number of carbonyl (C=O) groups excluding carboxylic acids is 1. The van der Waals surface area contributed by atoms with Crippen LogP contribution in [0.15, 0.2) is 0 Å². The van der Waals surface area contributed by atoms with Gasteiger partial charge in [-0.15, -0.1) is 0 Å². The molecule has 0 heterocycles. The van der Waals surface area contributed by atoms with Crippen molar-refractivity contribution in [3.05, 3.63) is 0 Å². The molecule has 0 aromatic heterocycles. The van der Waals surface area contributed by atoms with Gasteiger partial charge < -0.3 is 0 Å². The topological polar surface area (TPSA) is 17.1 Å². The minimum absolute atomic E-state index is 0.332. The molecule has 0 aromatic carbocycles. The summed E-state index contributed by atoms with van der Waals surface area (Å²) < 4.78 is 0. The second-order valence-corrected chi connectivity index (χ2v) is 10.3. The lowest BCUT2D eigenvalue weighted by atomic mass is 9.44. The molecule has 23 heavy (non-hydrogen) atoms. The van der Waals surface area contributed by atoms with Gasteiger partial charge in [0, 0.05) is 5.92 Å². The van der Waals surface area contributed by atoms with E-state index in [0.29, 0.717) is 22.5 Å². The van der Waals surface area contributed by atoms with Crippen LogP contribution in [0.4, 0.5) is 0 Å². The summed E-state index contributed by atoms with van der Waals surface area (Å²) in [7, 11) is 0. The number of rotatable bonds is 1. The lowest BCUT2D eigenvalue weighted by Gasteiger charge is -2.61. The summed E-state index contributed by atoms with van der Waals surface area (Å²) in [6, 6.07) is 0. The average Bonchev–Trinajstić information content (AvgIpc) is 2.85. The van der Waals surface area contributed by atoms with Gasteiger partial charge in [0.2, 0.25) is 0 Å². The van der Waals surface area contributed by atoms with Crippen molar-refractivity contribution in [2.75, 3.05) is 0 Å². The maximum Gasteiger partial charge on any atom is 0.133 e. The van der Waals surface area contributed by atoms with Crippen LogP contribution in [0.3, 0.4) is 0 Å². The van der Waals surface area contributed by atoms with E-state index in [2.05, 4.69) is 20.8 Å². The van der Waals surface area contributed by atoms with Crippen LogP contribution >= 0.6 is 0 Å². The molecule has 0 bridgehead atoms. The Morgan fingerprint density at radius 1 is 0.870 bits per heavy atom. The van der Waals surface area contributed by atoms with Gasteiger partial charge in [0.1, 0.15) is 5.78 Å². The molecule has 8 atom stereocenters. The number of fused-ring (bicyclic) bond motifs is 5. The van der Waals surface area contributed by atoms with Crippen LogP contribution in [-0.2, 0) is 4.79 Å². The summed E-state index contributed by atoms with van der Waals surface area (Å²) in [5, 5.41) is 0. The van der Waals surface area contributed by atoms with Crippen LogP contribution in [-0.4, -0.2) is 5.78 Å². The Hall–Kier alpha value is -0.330. The molecule has 4 aliphatic rings. The van der Waals surface area contributed by atoms with E-state index in [1.54, 1.807) is 0 Å². The lowest BCUT2D eigenvalue weighted by molar-refractivity contribution is -0.135. The molecule has 4 fully saturated rings.